The highest BCUT2D eigenvalue weighted by Crippen LogP contribution is 2.14. The first-order valence-corrected chi connectivity index (χ1v) is 24.4. The Balaban J connectivity index is 4.36. The van der Waals surface area contributed by atoms with Gasteiger partial charge in [0.1, 0.15) is 12.6 Å². The second-order valence-corrected chi connectivity index (χ2v) is 17.4. The number of carbonyl (C=O) groups excluding carboxylic acids is 3. The molecule has 8 heteroatoms. The van der Waals surface area contributed by atoms with Gasteiger partial charge >= 0.3 is 11.9 Å². The van der Waals surface area contributed by atoms with Gasteiger partial charge in [-0.1, -0.05) is 177 Å². The first-order valence-electron chi connectivity index (χ1n) is 24.4. The van der Waals surface area contributed by atoms with E-state index < -0.39 is 18.1 Å². The van der Waals surface area contributed by atoms with Gasteiger partial charge in [-0.25, -0.2) is 0 Å². The third-order valence-corrected chi connectivity index (χ3v) is 10.7. The van der Waals surface area contributed by atoms with E-state index in [9.17, 15) is 19.5 Å². The highest BCUT2D eigenvalue weighted by molar-refractivity contribution is 5.70. The molecule has 2 atom stereocenters. The van der Waals surface area contributed by atoms with Gasteiger partial charge < -0.3 is 28.6 Å². The molecule has 2 unspecified atom stereocenters. The summed E-state index contributed by atoms with van der Waals surface area (Å²) in [6, 6.07) is -0.734. The van der Waals surface area contributed by atoms with Gasteiger partial charge in [-0.2, -0.15) is 0 Å². The predicted octanol–water partition coefficient (Wildman–Crippen LogP) is 12.4. The van der Waals surface area contributed by atoms with Crippen molar-refractivity contribution < 1.29 is 38.2 Å². The van der Waals surface area contributed by atoms with Crippen molar-refractivity contribution in [2.75, 3.05) is 41.0 Å². The maximum absolute atomic E-state index is 12.8. The minimum absolute atomic E-state index is 0.0265. The van der Waals surface area contributed by atoms with Crippen LogP contribution in [0.2, 0.25) is 0 Å². The number of aliphatic carboxylic acids is 1. The van der Waals surface area contributed by atoms with Crippen molar-refractivity contribution in [3.63, 3.8) is 0 Å². The largest absolute Gasteiger partial charge is 0.544 e. The van der Waals surface area contributed by atoms with Gasteiger partial charge in [0.2, 0.25) is 0 Å². The minimum atomic E-state index is -1.13. The van der Waals surface area contributed by atoms with Crippen LogP contribution in [0, 0.1) is 0 Å². The zero-order valence-electron chi connectivity index (χ0n) is 39.4. The minimum Gasteiger partial charge on any atom is -0.544 e. The highest BCUT2D eigenvalue weighted by atomic mass is 16.6. The number of carboxylic acids is 1. The van der Waals surface area contributed by atoms with Gasteiger partial charge in [-0.15, -0.1) is 0 Å². The molecule has 0 rings (SSSR count). The molecule has 0 fully saturated rings. The summed E-state index contributed by atoms with van der Waals surface area (Å²) in [5.74, 6) is -1.78. The Morgan fingerprint density at radius 2 is 0.900 bits per heavy atom. The maximum Gasteiger partial charge on any atom is 0.306 e. The third-order valence-electron chi connectivity index (χ3n) is 10.7. The summed E-state index contributed by atoms with van der Waals surface area (Å²) in [7, 11) is 5.40. The van der Waals surface area contributed by atoms with E-state index in [1.165, 1.54) is 89.9 Å². The number of carboxylic acid groups (broad SMARTS) is 1. The van der Waals surface area contributed by atoms with Crippen LogP contribution in [0.4, 0.5) is 0 Å². The molecule has 0 aliphatic rings. The molecule has 0 bridgehead atoms. The van der Waals surface area contributed by atoms with Gasteiger partial charge in [-0.3, -0.25) is 9.59 Å². The van der Waals surface area contributed by atoms with Crippen molar-refractivity contribution in [2.45, 2.75) is 212 Å². The number of hydrogen-bond donors (Lipinski definition) is 0. The highest BCUT2D eigenvalue weighted by Gasteiger charge is 2.25. The second kappa shape index (κ2) is 42.7. The summed E-state index contributed by atoms with van der Waals surface area (Å²) in [6.07, 6.45) is 52.4. The van der Waals surface area contributed by atoms with E-state index in [1.54, 1.807) is 21.1 Å². The number of nitrogens with zero attached hydrogens (tertiary/aromatic N) is 1. The van der Waals surface area contributed by atoms with Crippen LogP contribution in [0.5, 0.6) is 0 Å². The Kier molecular flexibility index (Phi) is 40.6. The SMILES string of the molecule is CCCCC/C=C/C=C/C=C/C=C/CCCCCCCC(=O)OC(COCCC(C(=O)[O-])[N+](C)(C)C)COC(=O)CCCCCCC/C=C/CCCCCCCCCCC. The second-order valence-electron chi connectivity index (χ2n) is 17.4. The van der Waals surface area contributed by atoms with E-state index in [2.05, 4.69) is 68.5 Å². The van der Waals surface area contributed by atoms with Crippen molar-refractivity contribution in [1.29, 1.82) is 0 Å². The Bertz CT molecular complexity index is 1170. The van der Waals surface area contributed by atoms with Crippen molar-refractivity contribution in [2.24, 2.45) is 0 Å². The van der Waals surface area contributed by atoms with Crippen molar-refractivity contribution in [3.05, 3.63) is 60.8 Å². The number of hydrogen-bond acceptors (Lipinski definition) is 7. The Morgan fingerprint density at radius 1 is 0.500 bits per heavy atom. The number of ether oxygens (including phenoxy) is 3. The van der Waals surface area contributed by atoms with Gasteiger partial charge in [0, 0.05) is 19.3 Å². The third kappa shape index (κ3) is 40.4. The molecule has 0 saturated carbocycles. The molecule has 0 aliphatic heterocycles. The summed E-state index contributed by atoms with van der Waals surface area (Å²) in [6.45, 7) is 4.60. The van der Waals surface area contributed by atoms with Gasteiger partial charge in [0.25, 0.3) is 0 Å². The summed E-state index contributed by atoms with van der Waals surface area (Å²) in [5, 5.41) is 11.6. The Morgan fingerprint density at radius 3 is 1.38 bits per heavy atom. The Labute approximate surface area is 368 Å². The van der Waals surface area contributed by atoms with Crippen molar-refractivity contribution in [3.8, 4) is 0 Å². The molecule has 346 valence electrons. The average Bonchev–Trinajstić information content (AvgIpc) is 3.21. The average molecular weight is 842 g/mol. The van der Waals surface area contributed by atoms with E-state index >= 15 is 0 Å². The number of quaternary nitrogens is 1. The number of rotatable bonds is 43. The normalized spacial score (nSPS) is 13.4. The lowest BCUT2D eigenvalue weighted by atomic mass is 10.1. The molecule has 8 nitrogen and oxygen atoms in total. The van der Waals surface area contributed by atoms with E-state index in [0.29, 0.717) is 12.8 Å². The summed E-state index contributed by atoms with van der Waals surface area (Å²) in [5.41, 5.74) is 0. The van der Waals surface area contributed by atoms with Gasteiger partial charge in [-0.05, 0) is 64.2 Å². The molecular formula is C52H91NO7. The fourth-order valence-electron chi connectivity index (χ4n) is 6.90. The standard InChI is InChI=1S/C52H91NO7/c1-6-8-10-12-14-16-18-20-22-24-26-28-30-32-34-36-38-40-42-50(54)59-47-48(46-58-45-44-49(52(56)57)53(3,4)5)60-51(55)43-41-39-37-35-33-31-29-27-25-23-21-19-17-15-13-11-9-7-2/h15,17,19,21,23,25-29,48-49H,6-14,16,18,20,22,24,30-47H2,1-5H3/b17-15+,21-19+,25-23+,28-26+,29-27+. The predicted molar refractivity (Wildman–Crippen MR) is 249 cm³/mol. The maximum atomic E-state index is 12.8. The quantitative estimate of drug-likeness (QED) is 0.0198. The first-order chi connectivity index (χ1) is 29.1. The number of allylic oxidation sites excluding steroid dienone is 10. The van der Waals surface area contributed by atoms with Crippen LogP contribution >= 0.6 is 0 Å². The van der Waals surface area contributed by atoms with Crippen LogP contribution in [0.3, 0.4) is 0 Å². The Hall–Kier alpha value is -2.97. The van der Waals surface area contributed by atoms with Crippen LogP contribution in [0.25, 0.3) is 0 Å². The fourth-order valence-corrected chi connectivity index (χ4v) is 6.90. The molecule has 0 amide bonds. The number of likely N-dealkylation sites (N-methyl/N-ethyl adjacent to an activating group) is 1. The van der Waals surface area contributed by atoms with E-state index in [4.69, 9.17) is 14.2 Å². The lowest BCUT2D eigenvalue weighted by Crippen LogP contribution is -2.55. The van der Waals surface area contributed by atoms with Crippen LogP contribution in [0.15, 0.2) is 60.8 Å². The number of unbranched alkanes of at least 4 members (excludes halogenated alkanes) is 22. The summed E-state index contributed by atoms with van der Waals surface area (Å²) < 4.78 is 17.2. The van der Waals surface area contributed by atoms with Crippen molar-refractivity contribution in [1.82, 2.24) is 0 Å². The van der Waals surface area contributed by atoms with Crippen LogP contribution < -0.4 is 5.11 Å². The lowest BCUT2D eigenvalue weighted by molar-refractivity contribution is -0.889. The molecule has 0 aliphatic carbocycles. The molecule has 60 heavy (non-hydrogen) atoms. The molecule has 0 spiro atoms. The fraction of sp³-hybridized carbons (Fsp3) is 0.750. The van der Waals surface area contributed by atoms with E-state index in [0.717, 1.165) is 77.0 Å². The van der Waals surface area contributed by atoms with Gasteiger partial charge in [0.05, 0.1) is 40.3 Å². The molecule has 0 radical (unpaired) electrons. The monoisotopic (exact) mass is 842 g/mol. The summed E-state index contributed by atoms with van der Waals surface area (Å²) in [4.78, 5) is 37.0. The van der Waals surface area contributed by atoms with Crippen molar-refractivity contribution >= 4 is 17.9 Å². The van der Waals surface area contributed by atoms with Crippen LogP contribution in [-0.4, -0.2) is 75.5 Å². The zero-order chi connectivity index (χ0) is 44.2. The van der Waals surface area contributed by atoms with Gasteiger partial charge in [0.15, 0.2) is 6.10 Å². The lowest BCUT2D eigenvalue weighted by Gasteiger charge is -2.34. The molecular weight excluding hydrogens is 751 g/mol. The first kappa shape index (κ1) is 57.0. The molecule has 0 aromatic rings. The zero-order valence-corrected chi connectivity index (χ0v) is 39.4. The molecule has 0 aromatic heterocycles. The number of carbonyl (C=O) groups is 3. The molecule has 0 aromatic carbocycles. The van der Waals surface area contributed by atoms with Crippen LogP contribution in [0.1, 0.15) is 200 Å². The van der Waals surface area contributed by atoms with E-state index in [1.807, 2.05) is 6.08 Å². The van der Waals surface area contributed by atoms with Crippen LogP contribution in [-0.2, 0) is 28.6 Å². The van der Waals surface area contributed by atoms with E-state index in [-0.39, 0.29) is 42.7 Å². The summed E-state index contributed by atoms with van der Waals surface area (Å²) >= 11 is 0. The number of esters is 2. The molecule has 0 heterocycles. The molecule has 0 N–H and O–H groups in total. The topological polar surface area (TPSA) is 102 Å². The smallest absolute Gasteiger partial charge is 0.306 e. The molecule has 0 saturated heterocycles.